The van der Waals surface area contributed by atoms with Gasteiger partial charge in [-0.1, -0.05) is 0 Å². The molecule has 0 heterocycles. The zero-order valence-corrected chi connectivity index (χ0v) is 12.7. The fourth-order valence-electron chi connectivity index (χ4n) is 0. The van der Waals surface area contributed by atoms with Crippen LogP contribution >= 0.6 is 0 Å². The first-order chi connectivity index (χ1) is 1.00. The molecule has 0 aromatic carbocycles. The van der Waals surface area contributed by atoms with Gasteiger partial charge in [0.15, 0.2) is 0 Å². The smallest absolute Gasteiger partial charge is 0 e. The number of hydrogen-bond acceptors (Lipinski definition) is 1. The topological polar surface area (TPSA) is 17.1 Å². The van der Waals surface area contributed by atoms with E-state index >= 15 is 0 Å². The first-order valence-electron chi connectivity index (χ1n) is 0.123. The van der Waals surface area contributed by atoms with Crippen molar-refractivity contribution >= 4 is 86.6 Å². The summed E-state index contributed by atoms with van der Waals surface area (Å²) in [6.45, 7) is 0. The Balaban J connectivity index is -0.00000000167. The number of hydrogen-bond donors (Lipinski definition) is 0. The van der Waals surface area contributed by atoms with Crippen LogP contribution in [-0.4, -0.2) is 86.6 Å². The van der Waals surface area contributed by atoms with Gasteiger partial charge in [0.1, 0.15) is 0 Å². The minimum atomic E-state index is 0. The van der Waals surface area contributed by atoms with Gasteiger partial charge in [-0.2, -0.15) is 0 Å². The summed E-state index contributed by atoms with van der Waals surface area (Å²) in [7, 11) is 0. The van der Waals surface area contributed by atoms with E-state index in [-0.39, 0.29) is 127 Å². The molecule has 5 heteroatoms. The van der Waals surface area contributed by atoms with Gasteiger partial charge >= 0.3 is 19.8 Å². The van der Waals surface area contributed by atoms with Crippen molar-refractivity contribution < 1.29 is 60.2 Å². The predicted molar refractivity (Wildman–Crippen MR) is 12.2 cm³/mol. The summed E-state index contributed by atoms with van der Waals surface area (Å²) in [5, 5.41) is 0. The third-order valence-corrected chi connectivity index (χ3v) is 0. The van der Waals surface area contributed by atoms with Crippen LogP contribution in [0.3, 0.4) is 0 Å². The van der Waals surface area contributed by atoms with Gasteiger partial charge in [-0.3, -0.25) is 0 Å². The minimum Gasteiger partial charge on any atom is 0 e. The Labute approximate surface area is 142 Å². The fourth-order valence-corrected chi connectivity index (χ4v) is 0. The van der Waals surface area contributed by atoms with E-state index in [1.54, 1.807) is 0 Å². The Bertz CT molecular complexity index is 11.6. The van der Waals surface area contributed by atoms with Gasteiger partial charge in [0.05, 0.1) is 0 Å². The Morgan fingerprint density at radius 2 is 1.20 bits per heavy atom. The van der Waals surface area contributed by atoms with Crippen LogP contribution in [0.15, 0.2) is 0 Å². The molecule has 0 saturated heterocycles. The third kappa shape index (κ3) is 17.7. The van der Waals surface area contributed by atoms with Crippen LogP contribution in [0.5, 0.6) is 0 Å². The zero-order valence-electron chi connectivity index (χ0n) is 2.53. The summed E-state index contributed by atoms with van der Waals surface area (Å²) in [6.07, 6.45) is 0. The molecule has 0 aliphatic rings. The second kappa shape index (κ2) is 23.6. The molecule has 4 radical (unpaired) electrons. The SMILES string of the molecule is [Ba].[Ca].[O]=[Cu].[Sm]. The average Bonchev–Trinajstić information content (AvgIpc) is 1.00. The molecule has 0 unspecified atom stereocenters. The molecule has 0 aliphatic carbocycles. The molecule has 0 aliphatic heterocycles. The van der Waals surface area contributed by atoms with Crippen LogP contribution in [0.25, 0.3) is 0 Å². The zero-order chi connectivity index (χ0) is 2.00. The maximum absolute atomic E-state index is 7.81. The van der Waals surface area contributed by atoms with Crippen LogP contribution in [-0.2, 0) is 19.8 Å². The minimum absolute atomic E-state index is 0. The van der Waals surface area contributed by atoms with Gasteiger partial charge in [0.2, 0.25) is 0 Å². The summed E-state index contributed by atoms with van der Waals surface area (Å²) in [5.74, 6) is 0. The second-order valence-corrected chi connectivity index (χ2v) is 0. The van der Waals surface area contributed by atoms with Crippen molar-refractivity contribution in [3.63, 3.8) is 0 Å². The van der Waals surface area contributed by atoms with Crippen molar-refractivity contribution in [1.82, 2.24) is 0 Å². The molecule has 0 aromatic heterocycles. The molecule has 5 heavy (non-hydrogen) atoms. The molecule has 0 amide bonds. The van der Waals surface area contributed by atoms with Crippen LogP contribution < -0.4 is 0 Å². The quantitative estimate of drug-likeness (QED) is 0.477. The van der Waals surface area contributed by atoms with E-state index in [4.69, 9.17) is 3.83 Å². The van der Waals surface area contributed by atoms with Crippen LogP contribution in [0.2, 0.25) is 0 Å². The van der Waals surface area contributed by atoms with Gasteiger partial charge in [-0.05, 0) is 0 Å². The summed E-state index contributed by atoms with van der Waals surface area (Å²) >= 11 is 2.94. The van der Waals surface area contributed by atoms with Crippen LogP contribution in [0.4, 0.5) is 0 Å². The second-order valence-electron chi connectivity index (χ2n) is 0. The van der Waals surface area contributed by atoms with Crippen LogP contribution in [0.1, 0.15) is 0 Å². The Morgan fingerprint density at radius 1 is 1.20 bits per heavy atom. The van der Waals surface area contributed by atoms with E-state index in [0.29, 0.717) is 0 Å². The molecule has 0 N–H and O–H groups in total. The summed E-state index contributed by atoms with van der Waals surface area (Å²) in [6, 6.07) is 0. The van der Waals surface area contributed by atoms with Gasteiger partial charge < -0.3 is 0 Å². The predicted octanol–water partition coefficient (Wildman–Crippen LogP) is -0.883. The van der Waals surface area contributed by atoms with E-state index in [1.807, 2.05) is 0 Å². The van der Waals surface area contributed by atoms with E-state index in [9.17, 15) is 0 Å². The Kier molecular flexibility index (Phi) is 107. The van der Waals surface area contributed by atoms with Gasteiger partial charge in [0.25, 0.3) is 0 Å². The summed E-state index contributed by atoms with van der Waals surface area (Å²) < 4.78 is 7.81. The average molecular weight is 407 g/mol. The molecular formula is BaCaCuOSm. The largest absolute Gasteiger partial charge is 0 e. The van der Waals surface area contributed by atoms with Gasteiger partial charge in [-0.15, -0.1) is 0 Å². The third-order valence-electron chi connectivity index (χ3n) is 0. The molecule has 1 nitrogen and oxygen atoms in total. The van der Waals surface area contributed by atoms with Crippen molar-refractivity contribution in [2.24, 2.45) is 0 Å². The van der Waals surface area contributed by atoms with Crippen molar-refractivity contribution in [3.05, 3.63) is 0 Å². The monoisotopic (exact) mass is 409 g/mol. The molecule has 0 bridgehead atoms. The standard InChI is InChI=1S/Ba.Ca.Cu.O.Sm. The van der Waals surface area contributed by atoms with Crippen molar-refractivity contribution in [2.75, 3.05) is 0 Å². The van der Waals surface area contributed by atoms with Crippen molar-refractivity contribution in [3.8, 4) is 0 Å². The molecule has 27 valence electrons. The Morgan fingerprint density at radius 3 is 1.20 bits per heavy atom. The molecule has 0 atom stereocenters. The van der Waals surface area contributed by atoms with Gasteiger partial charge in [-0.25, -0.2) is 0 Å². The normalized spacial score (nSPS) is 1.20. The van der Waals surface area contributed by atoms with Crippen LogP contribution in [0, 0.1) is 40.4 Å². The van der Waals surface area contributed by atoms with E-state index in [0.717, 1.165) is 0 Å². The molecule has 0 spiro atoms. The molecule has 0 aromatic rings. The molecule has 0 fully saturated rings. The number of rotatable bonds is 0. The van der Waals surface area contributed by atoms with Gasteiger partial charge in [0, 0.05) is 127 Å². The summed E-state index contributed by atoms with van der Waals surface area (Å²) in [4.78, 5) is 0. The van der Waals surface area contributed by atoms with E-state index in [2.05, 4.69) is 15.9 Å². The fraction of sp³-hybridized carbons (Fsp3) is 0. The van der Waals surface area contributed by atoms with E-state index in [1.165, 1.54) is 0 Å². The van der Waals surface area contributed by atoms with E-state index < -0.39 is 0 Å². The first-order valence-corrected chi connectivity index (χ1v) is 0.508. The van der Waals surface area contributed by atoms with Crippen molar-refractivity contribution in [1.29, 1.82) is 0 Å². The maximum Gasteiger partial charge on any atom is 0 e. The Hall–Kier alpha value is 4.49. The summed E-state index contributed by atoms with van der Waals surface area (Å²) in [5.41, 5.74) is 0. The molecule has 0 saturated carbocycles. The van der Waals surface area contributed by atoms with Crippen molar-refractivity contribution in [2.45, 2.75) is 0 Å². The molecular weight excluding hydrogens is 407 g/mol. The molecule has 0 rings (SSSR count). The maximum atomic E-state index is 7.81. The first kappa shape index (κ1) is 22.7.